The highest BCUT2D eigenvalue weighted by atomic mass is 16.5. The second-order valence-corrected chi connectivity index (χ2v) is 6.53. The molecule has 0 aliphatic carbocycles. The Morgan fingerprint density at radius 1 is 1.37 bits per heavy atom. The first kappa shape index (κ1) is 17.4. The molecule has 0 spiro atoms. The summed E-state index contributed by atoms with van der Waals surface area (Å²) in [4.78, 5) is 19.0. The smallest absolute Gasteiger partial charge is 0.275 e. The van der Waals surface area contributed by atoms with Gasteiger partial charge >= 0.3 is 0 Å². The molecule has 1 aromatic carbocycles. The van der Waals surface area contributed by atoms with Crippen molar-refractivity contribution in [3.8, 4) is 11.4 Å². The van der Waals surface area contributed by atoms with Crippen LogP contribution in [0, 0.1) is 6.92 Å². The van der Waals surface area contributed by atoms with Crippen LogP contribution < -0.4 is 0 Å². The van der Waals surface area contributed by atoms with Gasteiger partial charge in [-0.15, -0.1) is 0 Å². The van der Waals surface area contributed by atoms with Crippen LogP contribution in [0.2, 0.25) is 0 Å². The molecule has 27 heavy (non-hydrogen) atoms. The first-order chi connectivity index (χ1) is 13.2. The molecular weight excluding hydrogens is 346 g/mol. The van der Waals surface area contributed by atoms with Crippen LogP contribution in [-0.4, -0.2) is 44.3 Å². The Morgan fingerprint density at radius 3 is 3.07 bits per heavy atom. The van der Waals surface area contributed by atoms with Gasteiger partial charge in [0, 0.05) is 29.8 Å². The standard InChI is InChI=1S/C19H21N5O3/c1-3-24(19(25)17-14-11-26-8-7-15(14)21-22-17)10-16-20-18(23-27-16)13-6-4-5-12(2)9-13/h4-6,9H,3,7-8,10-11H2,1-2H3,(H,21,22). The Bertz CT molecular complexity index is 962. The molecule has 8 nitrogen and oxygen atoms in total. The number of hydrogen-bond acceptors (Lipinski definition) is 6. The number of amides is 1. The molecule has 0 fully saturated rings. The number of ether oxygens (including phenoxy) is 1. The van der Waals surface area contributed by atoms with Gasteiger partial charge < -0.3 is 14.2 Å². The summed E-state index contributed by atoms with van der Waals surface area (Å²) < 4.78 is 10.8. The maximum atomic E-state index is 12.9. The summed E-state index contributed by atoms with van der Waals surface area (Å²) in [5, 5.41) is 11.2. The number of aromatic nitrogens is 4. The molecule has 4 rings (SSSR count). The number of hydrogen-bond donors (Lipinski definition) is 1. The van der Waals surface area contributed by atoms with Crippen molar-refractivity contribution in [2.24, 2.45) is 0 Å². The molecule has 3 heterocycles. The fourth-order valence-electron chi connectivity index (χ4n) is 3.15. The van der Waals surface area contributed by atoms with Crippen molar-refractivity contribution in [3.05, 3.63) is 52.7 Å². The molecule has 1 aliphatic heterocycles. The third kappa shape index (κ3) is 3.48. The molecule has 0 radical (unpaired) electrons. The highest BCUT2D eigenvalue weighted by molar-refractivity contribution is 5.94. The summed E-state index contributed by atoms with van der Waals surface area (Å²) >= 11 is 0. The Balaban J connectivity index is 1.52. The maximum absolute atomic E-state index is 12.9. The number of rotatable bonds is 5. The van der Waals surface area contributed by atoms with Crippen molar-refractivity contribution in [3.63, 3.8) is 0 Å². The van der Waals surface area contributed by atoms with E-state index in [1.54, 1.807) is 4.90 Å². The van der Waals surface area contributed by atoms with E-state index in [2.05, 4.69) is 20.3 Å². The fraction of sp³-hybridized carbons (Fsp3) is 0.368. The Morgan fingerprint density at radius 2 is 2.26 bits per heavy atom. The van der Waals surface area contributed by atoms with E-state index in [1.807, 2.05) is 38.1 Å². The van der Waals surface area contributed by atoms with Crippen LogP contribution in [0.1, 0.15) is 40.1 Å². The topological polar surface area (TPSA) is 97.1 Å². The Labute approximate surface area is 156 Å². The van der Waals surface area contributed by atoms with Crippen molar-refractivity contribution >= 4 is 5.91 Å². The van der Waals surface area contributed by atoms with Crippen LogP contribution in [0.15, 0.2) is 28.8 Å². The molecule has 1 aliphatic rings. The van der Waals surface area contributed by atoms with E-state index in [4.69, 9.17) is 9.26 Å². The van der Waals surface area contributed by atoms with Crippen molar-refractivity contribution in [2.45, 2.75) is 33.4 Å². The normalized spacial score (nSPS) is 13.4. The molecule has 0 bridgehead atoms. The molecule has 2 aromatic heterocycles. The van der Waals surface area contributed by atoms with Crippen LogP contribution in [-0.2, 0) is 24.3 Å². The number of aromatic amines is 1. The second kappa shape index (κ2) is 7.32. The molecular formula is C19H21N5O3. The van der Waals surface area contributed by atoms with Gasteiger partial charge in [0.05, 0.1) is 13.2 Å². The Kier molecular flexibility index (Phi) is 4.72. The highest BCUT2D eigenvalue weighted by Crippen LogP contribution is 2.21. The summed E-state index contributed by atoms with van der Waals surface area (Å²) in [6.45, 7) is 5.70. The number of nitrogens with zero attached hydrogens (tertiary/aromatic N) is 4. The minimum Gasteiger partial charge on any atom is -0.376 e. The maximum Gasteiger partial charge on any atom is 0.275 e. The molecule has 0 atom stereocenters. The lowest BCUT2D eigenvalue weighted by atomic mass is 10.1. The first-order valence-electron chi connectivity index (χ1n) is 8.98. The van der Waals surface area contributed by atoms with E-state index in [0.29, 0.717) is 37.2 Å². The lowest BCUT2D eigenvalue weighted by molar-refractivity contribution is 0.0715. The van der Waals surface area contributed by atoms with E-state index in [-0.39, 0.29) is 12.5 Å². The van der Waals surface area contributed by atoms with Gasteiger partial charge in [0.1, 0.15) is 6.54 Å². The van der Waals surface area contributed by atoms with E-state index in [1.165, 1.54) is 0 Å². The van der Waals surface area contributed by atoms with Gasteiger partial charge in [0.25, 0.3) is 5.91 Å². The van der Waals surface area contributed by atoms with Gasteiger partial charge in [-0.3, -0.25) is 9.89 Å². The summed E-state index contributed by atoms with van der Waals surface area (Å²) in [5.74, 6) is 0.737. The number of benzene rings is 1. The molecule has 8 heteroatoms. The quantitative estimate of drug-likeness (QED) is 0.744. The minimum atomic E-state index is -0.171. The molecule has 0 saturated heterocycles. The number of fused-ring (bicyclic) bond motifs is 1. The summed E-state index contributed by atoms with van der Waals surface area (Å²) in [6, 6.07) is 7.88. The van der Waals surface area contributed by atoms with Crippen molar-refractivity contribution in [2.75, 3.05) is 13.2 Å². The summed E-state index contributed by atoms with van der Waals surface area (Å²) in [5.41, 5.74) is 4.23. The number of H-pyrrole nitrogens is 1. The van der Waals surface area contributed by atoms with Gasteiger partial charge in [-0.05, 0) is 19.9 Å². The zero-order valence-corrected chi connectivity index (χ0v) is 15.4. The summed E-state index contributed by atoms with van der Waals surface area (Å²) in [7, 11) is 0. The zero-order valence-electron chi connectivity index (χ0n) is 15.4. The molecule has 3 aromatic rings. The van der Waals surface area contributed by atoms with E-state index in [9.17, 15) is 4.79 Å². The van der Waals surface area contributed by atoms with Crippen molar-refractivity contribution in [1.82, 2.24) is 25.2 Å². The van der Waals surface area contributed by atoms with Crippen LogP contribution in [0.3, 0.4) is 0 Å². The lowest BCUT2D eigenvalue weighted by Crippen LogP contribution is -2.31. The molecule has 1 amide bonds. The number of carbonyl (C=O) groups excluding carboxylic acids is 1. The number of carbonyl (C=O) groups is 1. The van der Waals surface area contributed by atoms with Crippen LogP contribution in [0.4, 0.5) is 0 Å². The van der Waals surface area contributed by atoms with Crippen LogP contribution >= 0.6 is 0 Å². The summed E-state index contributed by atoms with van der Waals surface area (Å²) in [6.07, 6.45) is 0.741. The molecule has 1 N–H and O–H groups in total. The molecule has 140 valence electrons. The molecule has 0 saturated carbocycles. The lowest BCUT2D eigenvalue weighted by Gasteiger charge is -2.19. The zero-order chi connectivity index (χ0) is 18.8. The van der Waals surface area contributed by atoms with Gasteiger partial charge in [0.15, 0.2) is 5.69 Å². The minimum absolute atomic E-state index is 0.171. The van der Waals surface area contributed by atoms with E-state index >= 15 is 0 Å². The average Bonchev–Trinajstić information content (AvgIpc) is 3.32. The van der Waals surface area contributed by atoms with Gasteiger partial charge in [0.2, 0.25) is 11.7 Å². The SMILES string of the molecule is CCN(Cc1nc(-c2cccc(C)c2)no1)C(=O)c1n[nH]c2c1COCC2. The predicted octanol–water partition coefficient (Wildman–Crippen LogP) is 2.50. The van der Waals surface area contributed by atoms with Crippen LogP contribution in [0.5, 0.6) is 0 Å². The average molecular weight is 367 g/mol. The van der Waals surface area contributed by atoms with Crippen molar-refractivity contribution in [1.29, 1.82) is 0 Å². The fourth-order valence-corrected chi connectivity index (χ4v) is 3.15. The van der Waals surface area contributed by atoms with Crippen molar-refractivity contribution < 1.29 is 14.1 Å². The predicted molar refractivity (Wildman–Crippen MR) is 96.8 cm³/mol. The highest BCUT2D eigenvalue weighted by Gasteiger charge is 2.26. The van der Waals surface area contributed by atoms with Crippen LogP contribution in [0.25, 0.3) is 11.4 Å². The van der Waals surface area contributed by atoms with Gasteiger partial charge in [-0.2, -0.15) is 10.1 Å². The third-order valence-corrected chi connectivity index (χ3v) is 4.64. The van der Waals surface area contributed by atoms with Gasteiger partial charge in [-0.1, -0.05) is 28.9 Å². The van der Waals surface area contributed by atoms with E-state index < -0.39 is 0 Å². The second-order valence-electron chi connectivity index (χ2n) is 6.53. The van der Waals surface area contributed by atoms with Gasteiger partial charge in [-0.25, -0.2) is 0 Å². The number of nitrogens with one attached hydrogen (secondary N) is 1. The first-order valence-corrected chi connectivity index (χ1v) is 8.98. The van der Waals surface area contributed by atoms with E-state index in [0.717, 1.165) is 28.8 Å². The third-order valence-electron chi connectivity index (χ3n) is 4.64. The number of aryl methyl sites for hydroxylation is 1. The molecule has 0 unspecified atom stereocenters. The monoisotopic (exact) mass is 367 g/mol. The Hall–Kier alpha value is -3.00. The largest absolute Gasteiger partial charge is 0.376 e.